The van der Waals surface area contributed by atoms with Crippen LogP contribution in [0.4, 0.5) is 11.8 Å². The Bertz CT molecular complexity index is 769. The SMILES string of the molecule is Cc1nnsc1C(=O)N1CCN(c2ccnc(N3CCOCC3)n2)CC1. The summed E-state index contributed by atoms with van der Waals surface area (Å²) in [5, 5.41) is 3.93. The van der Waals surface area contributed by atoms with Crippen LogP contribution in [-0.2, 0) is 4.74 Å². The second-order valence-electron chi connectivity index (χ2n) is 6.28. The topological polar surface area (TPSA) is 87.6 Å². The number of anilines is 2. The van der Waals surface area contributed by atoms with Crippen molar-refractivity contribution in [2.45, 2.75) is 6.92 Å². The van der Waals surface area contributed by atoms with Gasteiger partial charge in [0.2, 0.25) is 5.95 Å². The molecule has 9 nitrogen and oxygen atoms in total. The summed E-state index contributed by atoms with van der Waals surface area (Å²) in [5.41, 5.74) is 0.702. The summed E-state index contributed by atoms with van der Waals surface area (Å²) in [6, 6.07) is 1.93. The minimum Gasteiger partial charge on any atom is -0.378 e. The molecule has 10 heteroatoms. The molecule has 2 aromatic rings. The van der Waals surface area contributed by atoms with E-state index < -0.39 is 0 Å². The largest absolute Gasteiger partial charge is 0.378 e. The molecule has 0 aromatic carbocycles. The number of carbonyl (C=O) groups excluding carboxylic acids is 1. The molecule has 0 unspecified atom stereocenters. The molecule has 0 radical (unpaired) electrons. The molecule has 0 atom stereocenters. The van der Waals surface area contributed by atoms with Gasteiger partial charge in [-0.15, -0.1) is 5.10 Å². The van der Waals surface area contributed by atoms with Crippen molar-refractivity contribution in [1.82, 2.24) is 24.5 Å². The minimum atomic E-state index is 0.0221. The van der Waals surface area contributed by atoms with E-state index in [0.717, 1.165) is 49.5 Å². The highest BCUT2D eigenvalue weighted by atomic mass is 32.1. The first-order chi connectivity index (χ1) is 12.7. The second-order valence-corrected chi connectivity index (χ2v) is 7.04. The first kappa shape index (κ1) is 17.1. The highest BCUT2D eigenvalue weighted by molar-refractivity contribution is 7.07. The Labute approximate surface area is 155 Å². The summed E-state index contributed by atoms with van der Waals surface area (Å²) in [7, 11) is 0. The molecule has 2 aromatic heterocycles. The first-order valence-corrected chi connectivity index (χ1v) is 9.48. The van der Waals surface area contributed by atoms with E-state index in [-0.39, 0.29) is 5.91 Å². The van der Waals surface area contributed by atoms with Gasteiger partial charge in [-0.1, -0.05) is 4.49 Å². The lowest BCUT2D eigenvalue weighted by Crippen LogP contribution is -2.49. The Kier molecular flexibility index (Phi) is 4.93. The van der Waals surface area contributed by atoms with Crippen LogP contribution in [0.3, 0.4) is 0 Å². The summed E-state index contributed by atoms with van der Waals surface area (Å²) < 4.78 is 9.25. The van der Waals surface area contributed by atoms with Gasteiger partial charge in [-0.05, 0) is 24.5 Å². The van der Waals surface area contributed by atoms with Crippen LogP contribution in [0, 0.1) is 6.92 Å². The number of morpholine rings is 1. The van der Waals surface area contributed by atoms with Crippen molar-refractivity contribution >= 4 is 29.2 Å². The van der Waals surface area contributed by atoms with Crippen molar-refractivity contribution in [3.8, 4) is 0 Å². The molecule has 4 heterocycles. The zero-order chi connectivity index (χ0) is 17.9. The number of nitrogens with zero attached hydrogens (tertiary/aromatic N) is 7. The maximum absolute atomic E-state index is 12.6. The van der Waals surface area contributed by atoms with Crippen LogP contribution in [0.2, 0.25) is 0 Å². The van der Waals surface area contributed by atoms with E-state index in [0.29, 0.717) is 36.9 Å². The van der Waals surface area contributed by atoms with Crippen LogP contribution in [0.5, 0.6) is 0 Å². The van der Waals surface area contributed by atoms with Crippen LogP contribution >= 0.6 is 11.5 Å². The van der Waals surface area contributed by atoms with Gasteiger partial charge in [-0.25, -0.2) is 4.98 Å². The van der Waals surface area contributed by atoms with E-state index in [1.807, 2.05) is 17.9 Å². The van der Waals surface area contributed by atoms with E-state index >= 15 is 0 Å². The van der Waals surface area contributed by atoms with Crippen LogP contribution in [0.25, 0.3) is 0 Å². The van der Waals surface area contributed by atoms with Crippen molar-refractivity contribution < 1.29 is 9.53 Å². The van der Waals surface area contributed by atoms with Crippen molar-refractivity contribution in [2.24, 2.45) is 0 Å². The van der Waals surface area contributed by atoms with Gasteiger partial charge in [0, 0.05) is 45.5 Å². The van der Waals surface area contributed by atoms with E-state index in [2.05, 4.69) is 24.4 Å². The lowest BCUT2D eigenvalue weighted by atomic mass is 10.2. The molecule has 0 aliphatic carbocycles. The van der Waals surface area contributed by atoms with Crippen molar-refractivity contribution in [3.63, 3.8) is 0 Å². The molecule has 2 aliphatic rings. The molecule has 2 fully saturated rings. The highest BCUT2D eigenvalue weighted by Crippen LogP contribution is 2.19. The Hall–Kier alpha value is -2.33. The quantitative estimate of drug-likeness (QED) is 0.764. The smallest absolute Gasteiger partial charge is 0.267 e. The number of piperazine rings is 1. The maximum atomic E-state index is 12.6. The van der Waals surface area contributed by atoms with Crippen molar-refractivity contribution in [3.05, 3.63) is 22.8 Å². The van der Waals surface area contributed by atoms with Crippen LogP contribution in [-0.4, -0.2) is 82.8 Å². The third kappa shape index (κ3) is 3.47. The van der Waals surface area contributed by atoms with Gasteiger partial charge in [-0.3, -0.25) is 4.79 Å². The summed E-state index contributed by atoms with van der Waals surface area (Å²) >= 11 is 1.16. The van der Waals surface area contributed by atoms with Crippen molar-refractivity contribution in [1.29, 1.82) is 0 Å². The Morgan fingerprint density at radius 2 is 1.88 bits per heavy atom. The highest BCUT2D eigenvalue weighted by Gasteiger charge is 2.26. The van der Waals surface area contributed by atoms with Gasteiger partial charge in [0.25, 0.3) is 5.91 Å². The average molecular weight is 375 g/mol. The van der Waals surface area contributed by atoms with Crippen LogP contribution < -0.4 is 9.80 Å². The fourth-order valence-electron chi connectivity index (χ4n) is 3.14. The van der Waals surface area contributed by atoms with E-state index in [4.69, 9.17) is 9.72 Å². The average Bonchev–Trinajstić information content (AvgIpc) is 3.14. The number of aryl methyl sites for hydroxylation is 1. The van der Waals surface area contributed by atoms with E-state index in [9.17, 15) is 4.79 Å². The number of ether oxygens (including phenoxy) is 1. The van der Waals surface area contributed by atoms with Gasteiger partial charge in [0.1, 0.15) is 10.7 Å². The number of rotatable bonds is 3. The van der Waals surface area contributed by atoms with Gasteiger partial charge in [0.05, 0.1) is 18.9 Å². The monoisotopic (exact) mass is 375 g/mol. The van der Waals surface area contributed by atoms with Gasteiger partial charge in [0.15, 0.2) is 0 Å². The molecule has 0 spiro atoms. The third-order valence-electron chi connectivity index (χ3n) is 4.66. The molecular formula is C16H21N7O2S. The Balaban J connectivity index is 1.40. The van der Waals surface area contributed by atoms with Crippen LogP contribution in [0.15, 0.2) is 12.3 Å². The van der Waals surface area contributed by atoms with E-state index in [1.165, 1.54) is 0 Å². The fourth-order valence-corrected chi connectivity index (χ4v) is 3.77. The molecule has 4 rings (SSSR count). The molecule has 2 aliphatic heterocycles. The third-order valence-corrected chi connectivity index (χ3v) is 5.47. The Morgan fingerprint density at radius 3 is 2.58 bits per heavy atom. The second kappa shape index (κ2) is 7.50. The van der Waals surface area contributed by atoms with Crippen molar-refractivity contribution in [2.75, 3.05) is 62.3 Å². The molecule has 138 valence electrons. The fraction of sp³-hybridized carbons (Fsp3) is 0.562. The zero-order valence-corrected chi connectivity index (χ0v) is 15.5. The molecular weight excluding hydrogens is 354 g/mol. The summed E-state index contributed by atoms with van der Waals surface area (Å²) in [6.45, 7) is 7.68. The van der Waals surface area contributed by atoms with E-state index in [1.54, 1.807) is 6.20 Å². The van der Waals surface area contributed by atoms with Gasteiger partial charge < -0.3 is 19.4 Å². The molecule has 26 heavy (non-hydrogen) atoms. The lowest BCUT2D eigenvalue weighted by molar-refractivity contribution is 0.0750. The van der Waals surface area contributed by atoms with Gasteiger partial charge in [-0.2, -0.15) is 4.98 Å². The van der Waals surface area contributed by atoms with Gasteiger partial charge >= 0.3 is 0 Å². The minimum absolute atomic E-state index is 0.0221. The maximum Gasteiger partial charge on any atom is 0.267 e. The number of hydrogen-bond donors (Lipinski definition) is 0. The molecule has 0 bridgehead atoms. The molecule has 1 amide bonds. The zero-order valence-electron chi connectivity index (χ0n) is 14.7. The normalized spacial score (nSPS) is 18.3. The molecule has 2 saturated heterocycles. The summed E-state index contributed by atoms with van der Waals surface area (Å²) in [5.74, 6) is 1.67. The predicted molar refractivity (Wildman–Crippen MR) is 97.8 cm³/mol. The van der Waals surface area contributed by atoms with Crippen LogP contribution in [0.1, 0.15) is 15.4 Å². The number of carbonyl (C=O) groups is 1. The number of amides is 1. The summed E-state index contributed by atoms with van der Waals surface area (Å²) in [6.07, 6.45) is 1.80. The Morgan fingerprint density at radius 1 is 1.12 bits per heavy atom. The standard InChI is InChI=1S/C16H21N7O2S/c1-12-14(26-20-19-12)15(24)22-6-4-21(5-7-22)13-2-3-17-16(18-13)23-8-10-25-11-9-23/h2-3H,4-11H2,1H3. The molecule has 0 N–H and O–H groups in total. The first-order valence-electron chi connectivity index (χ1n) is 8.71. The molecule has 0 saturated carbocycles. The number of aromatic nitrogens is 4. The predicted octanol–water partition coefficient (Wildman–Crippen LogP) is 0.436. The lowest BCUT2D eigenvalue weighted by Gasteiger charge is -2.35. The number of hydrogen-bond acceptors (Lipinski definition) is 9. The summed E-state index contributed by atoms with van der Waals surface area (Å²) in [4.78, 5) is 28.5.